The molecule has 11 aromatic carbocycles. The van der Waals surface area contributed by atoms with E-state index < -0.39 is 0 Å². The van der Waals surface area contributed by atoms with Gasteiger partial charge in [0.1, 0.15) is 22.3 Å². The zero-order valence-corrected chi connectivity index (χ0v) is 36.4. The molecule has 0 unspecified atom stereocenters. The van der Waals surface area contributed by atoms with Gasteiger partial charge in [-0.2, -0.15) is 0 Å². The van der Waals surface area contributed by atoms with Crippen molar-refractivity contribution in [1.29, 1.82) is 0 Å². The monoisotopic (exact) mass is 855 g/mol. The molecule has 13 aromatic rings. The van der Waals surface area contributed by atoms with E-state index in [2.05, 4.69) is 241 Å². The summed E-state index contributed by atoms with van der Waals surface area (Å²) in [5.41, 5.74) is 18.3. The highest BCUT2D eigenvalue weighted by atomic mass is 16.3. The average molecular weight is 856 g/mol. The number of rotatable bonds is 8. The molecule has 0 saturated carbocycles. The Balaban J connectivity index is 0.926. The van der Waals surface area contributed by atoms with Gasteiger partial charge in [-0.05, 0) is 140 Å². The first kappa shape index (κ1) is 38.5. The lowest BCUT2D eigenvalue weighted by Gasteiger charge is -2.28. The minimum absolute atomic E-state index is 0.877. The molecule has 0 radical (unpaired) electrons. The number of para-hydroxylation sites is 2. The minimum atomic E-state index is 0.877. The second-order valence-electron chi connectivity index (χ2n) is 17.3. The van der Waals surface area contributed by atoms with E-state index >= 15 is 0 Å². The van der Waals surface area contributed by atoms with Gasteiger partial charge in [0.2, 0.25) is 0 Å². The fraction of sp³-hybridized carbons (Fsp3) is 0. The van der Waals surface area contributed by atoms with Crippen molar-refractivity contribution in [2.75, 3.05) is 4.90 Å². The number of benzene rings is 11. The summed E-state index contributed by atoms with van der Waals surface area (Å²) in [4.78, 5) is 2.38. The molecule has 2 heterocycles. The van der Waals surface area contributed by atoms with Crippen LogP contribution in [0.5, 0.6) is 0 Å². The van der Waals surface area contributed by atoms with Gasteiger partial charge in [-0.15, -0.1) is 0 Å². The third-order valence-electron chi connectivity index (χ3n) is 13.3. The van der Waals surface area contributed by atoms with Crippen LogP contribution >= 0.6 is 0 Å². The van der Waals surface area contributed by atoms with Crippen LogP contribution in [0.2, 0.25) is 0 Å². The smallest absolute Gasteiger partial charge is 0.136 e. The van der Waals surface area contributed by atoms with E-state index in [1.54, 1.807) is 0 Å². The molecule has 314 valence electrons. The molecule has 13 rings (SSSR count). The van der Waals surface area contributed by atoms with Gasteiger partial charge >= 0.3 is 0 Å². The highest BCUT2D eigenvalue weighted by Gasteiger charge is 2.20. The van der Waals surface area contributed by atoms with E-state index in [1.807, 2.05) is 12.1 Å². The maximum absolute atomic E-state index is 6.45. The Hall–Kier alpha value is -8.92. The Labute approximate surface area is 388 Å². The maximum Gasteiger partial charge on any atom is 0.136 e. The molecule has 0 atom stereocenters. The van der Waals surface area contributed by atoms with Gasteiger partial charge in [0.15, 0.2) is 0 Å². The van der Waals surface area contributed by atoms with E-state index in [0.717, 1.165) is 94.3 Å². The molecule has 0 aliphatic heterocycles. The maximum atomic E-state index is 6.45. The Kier molecular flexibility index (Phi) is 9.17. The van der Waals surface area contributed by atoms with Crippen LogP contribution in [0.15, 0.2) is 258 Å². The fourth-order valence-corrected chi connectivity index (χ4v) is 9.93. The summed E-state index contributed by atoms with van der Waals surface area (Å²) in [5.74, 6) is 0. The van der Waals surface area contributed by atoms with Crippen LogP contribution in [0, 0.1) is 0 Å². The highest BCUT2D eigenvalue weighted by molar-refractivity contribution is 6.11. The third-order valence-corrected chi connectivity index (χ3v) is 13.3. The molecule has 67 heavy (non-hydrogen) atoms. The summed E-state index contributed by atoms with van der Waals surface area (Å²) in [7, 11) is 0. The van der Waals surface area contributed by atoms with Crippen molar-refractivity contribution in [3.8, 4) is 55.6 Å². The van der Waals surface area contributed by atoms with Gasteiger partial charge in [0, 0.05) is 38.5 Å². The molecule has 3 nitrogen and oxygen atoms in total. The summed E-state index contributed by atoms with van der Waals surface area (Å²) in [5, 5.41) is 6.84. The second-order valence-corrected chi connectivity index (χ2v) is 17.3. The van der Waals surface area contributed by atoms with E-state index in [4.69, 9.17) is 8.83 Å². The molecule has 0 saturated heterocycles. The molecule has 0 spiro atoms. The summed E-state index contributed by atoms with van der Waals surface area (Å²) < 4.78 is 12.7. The summed E-state index contributed by atoms with van der Waals surface area (Å²) >= 11 is 0. The molecule has 0 aliphatic carbocycles. The quantitative estimate of drug-likeness (QED) is 0.152. The first-order chi connectivity index (χ1) is 33.2. The Morgan fingerprint density at radius 3 is 1.48 bits per heavy atom. The average Bonchev–Trinajstić information content (AvgIpc) is 3.96. The van der Waals surface area contributed by atoms with Gasteiger partial charge < -0.3 is 13.7 Å². The van der Waals surface area contributed by atoms with Crippen molar-refractivity contribution >= 4 is 71.7 Å². The van der Waals surface area contributed by atoms with Gasteiger partial charge in [0.25, 0.3) is 0 Å². The van der Waals surface area contributed by atoms with Gasteiger partial charge in [-0.3, -0.25) is 0 Å². The van der Waals surface area contributed by atoms with Crippen LogP contribution in [0.4, 0.5) is 17.1 Å². The zero-order valence-electron chi connectivity index (χ0n) is 36.4. The number of hydrogen-bond acceptors (Lipinski definition) is 3. The molecular weight excluding hydrogens is 815 g/mol. The van der Waals surface area contributed by atoms with Gasteiger partial charge in [-0.25, -0.2) is 0 Å². The number of nitrogens with zero attached hydrogens (tertiary/aromatic N) is 1. The van der Waals surface area contributed by atoms with Crippen molar-refractivity contribution in [3.63, 3.8) is 0 Å². The molecular formula is C64H41NO2. The van der Waals surface area contributed by atoms with Crippen molar-refractivity contribution in [1.82, 2.24) is 0 Å². The zero-order chi connectivity index (χ0) is 44.3. The van der Waals surface area contributed by atoms with Crippen molar-refractivity contribution in [3.05, 3.63) is 249 Å². The van der Waals surface area contributed by atoms with Crippen LogP contribution in [0.1, 0.15) is 0 Å². The molecule has 0 aliphatic rings. The minimum Gasteiger partial charge on any atom is -0.456 e. The number of anilines is 3. The number of hydrogen-bond donors (Lipinski definition) is 0. The first-order valence-electron chi connectivity index (χ1n) is 22.8. The van der Waals surface area contributed by atoms with Crippen molar-refractivity contribution < 1.29 is 8.83 Å². The predicted molar refractivity (Wildman–Crippen MR) is 280 cm³/mol. The van der Waals surface area contributed by atoms with E-state index in [1.165, 1.54) is 33.0 Å². The summed E-state index contributed by atoms with van der Waals surface area (Å²) in [6, 6.07) is 89.1. The molecule has 0 bridgehead atoms. The van der Waals surface area contributed by atoms with Crippen molar-refractivity contribution in [2.45, 2.75) is 0 Å². The predicted octanol–water partition coefficient (Wildman–Crippen LogP) is 18.4. The fourth-order valence-electron chi connectivity index (χ4n) is 9.93. The first-order valence-corrected chi connectivity index (χ1v) is 22.8. The number of furan rings is 2. The van der Waals surface area contributed by atoms with Crippen LogP contribution in [-0.4, -0.2) is 0 Å². The molecule has 3 heteroatoms. The number of fused-ring (bicyclic) bond motifs is 7. The molecule has 0 N–H and O–H groups in total. The van der Waals surface area contributed by atoms with Crippen LogP contribution in [0.3, 0.4) is 0 Å². The Morgan fingerprint density at radius 1 is 0.239 bits per heavy atom. The van der Waals surface area contributed by atoms with E-state index in [0.29, 0.717) is 0 Å². The standard InChI is InChI=1S/C64H41NO2/c1-3-13-44(14-4-1)53-34-27-48(37-57(53)45-15-5-2-6-16-45)42-23-30-51(31-24-42)65(52-32-25-43(26-33-52)49-28-35-56-55-20-10-12-22-61(55)66-63(56)41-49)60-21-11-9-19-54(60)50-29-36-62-58(39-50)59-38-46-17-7-8-18-47(46)40-64(59)67-62/h1-41H. The Morgan fingerprint density at radius 2 is 0.746 bits per heavy atom. The highest BCUT2D eigenvalue weighted by Crippen LogP contribution is 2.44. The molecule has 0 amide bonds. The third kappa shape index (κ3) is 6.84. The SMILES string of the molecule is c1ccc(-c2ccc(-c3ccc(N(c4ccc(-c5ccc6c(c5)oc5ccccc56)cc4)c4ccccc4-c4ccc5oc6cc7ccccc7cc6c5c4)cc3)cc2-c2ccccc2)cc1. The largest absolute Gasteiger partial charge is 0.456 e. The van der Waals surface area contributed by atoms with E-state index in [9.17, 15) is 0 Å². The van der Waals surface area contributed by atoms with Crippen molar-refractivity contribution in [2.24, 2.45) is 0 Å². The van der Waals surface area contributed by atoms with E-state index in [-0.39, 0.29) is 0 Å². The molecule has 2 aromatic heterocycles. The van der Waals surface area contributed by atoms with Gasteiger partial charge in [0.05, 0.1) is 5.69 Å². The summed E-state index contributed by atoms with van der Waals surface area (Å²) in [6.45, 7) is 0. The second kappa shape index (κ2) is 16.0. The summed E-state index contributed by atoms with van der Waals surface area (Å²) in [6.07, 6.45) is 0. The lowest BCUT2D eigenvalue weighted by molar-refractivity contribution is 0.669. The lowest BCUT2D eigenvalue weighted by atomic mass is 9.91. The van der Waals surface area contributed by atoms with Crippen LogP contribution < -0.4 is 4.90 Å². The van der Waals surface area contributed by atoms with Crippen LogP contribution in [-0.2, 0) is 0 Å². The molecule has 0 fully saturated rings. The topological polar surface area (TPSA) is 29.5 Å². The normalized spacial score (nSPS) is 11.6. The lowest BCUT2D eigenvalue weighted by Crippen LogP contribution is -2.11. The van der Waals surface area contributed by atoms with Crippen LogP contribution in [0.25, 0.3) is 110 Å². The van der Waals surface area contributed by atoms with Gasteiger partial charge in [-0.1, -0.05) is 170 Å². The Bertz CT molecular complexity index is 3960.